The summed E-state index contributed by atoms with van der Waals surface area (Å²) in [5, 5.41) is 3.64. The first-order valence-corrected chi connectivity index (χ1v) is 10.9. The van der Waals surface area contributed by atoms with Crippen LogP contribution in [0.15, 0.2) is 19.7 Å². The Balaban J connectivity index is 1.98. The van der Waals surface area contributed by atoms with Gasteiger partial charge in [0.05, 0.1) is 13.6 Å². The minimum atomic E-state index is 0.303. The fourth-order valence-corrected chi connectivity index (χ4v) is 7.80. The molecule has 0 saturated heterocycles. The van der Waals surface area contributed by atoms with Crippen LogP contribution in [-0.2, 0) is 12.2 Å². The van der Waals surface area contributed by atoms with Crippen molar-refractivity contribution in [3.05, 3.63) is 40.6 Å². The van der Waals surface area contributed by atoms with E-state index < -0.39 is 0 Å². The molecule has 0 amide bonds. The number of hydrogen-bond acceptors (Lipinski definition) is 4. The first-order valence-electron chi connectivity index (χ1n) is 6.56. The van der Waals surface area contributed by atoms with Gasteiger partial charge in [0.2, 0.25) is 0 Å². The molecule has 0 aliphatic carbocycles. The van der Waals surface area contributed by atoms with Crippen LogP contribution in [0.3, 0.4) is 0 Å². The summed E-state index contributed by atoms with van der Waals surface area (Å²) in [5.41, 5.74) is 2.89. The number of hydrogen-bond donors (Lipinski definition) is 1. The van der Waals surface area contributed by atoms with Crippen molar-refractivity contribution in [2.75, 3.05) is 12.3 Å². The van der Waals surface area contributed by atoms with E-state index >= 15 is 0 Å². The molecular formula is C14H15Br2NS3. The van der Waals surface area contributed by atoms with Gasteiger partial charge < -0.3 is 5.32 Å². The Kier molecular flexibility index (Phi) is 5.32. The van der Waals surface area contributed by atoms with Crippen LogP contribution in [0.25, 0.3) is 0 Å². The Bertz CT molecular complexity index is 582. The molecule has 1 N–H and O–H groups in total. The van der Waals surface area contributed by atoms with E-state index in [1.807, 2.05) is 11.3 Å². The molecule has 0 aromatic carbocycles. The van der Waals surface area contributed by atoms with Crippen LogP contribution < -0.4 is 5.32 Å². The van der Waals surface area contributed by atoms with Crippen LogP contribution in [0.4, 0.5) is 0 Å². The van der Waals surface area contributed by atoms with Crippen LogP contribution in [0.5, 0.6) is 0 Å². The molecule has 0 fully saturated rings. The summed E-state index contributed by atoms with van der Waals surface area (Å²) in [7, 11) is 0. The number of fused-ring (bicyclic) bond motifs is 1. The summed E-state index contributed by atoms with van der Waals surface area (Å²) in [6, 6.07) is 4.95. The molecule has 3 heterocycles. The standard InChI is InChI=1S/C14H15Br2NS3/c1-2-17-13(9-6-12(15)20-14(9)16)11-5-8-7-18-4-3-10(8)19-11/h5-6,13,17H,2-4,7H2,1H3. The lowest BCUT2D eigenvalue weighted by atomic mass is 10.1. The molecule has 2 aromatic rings. The van der Waals surface area contributed by atoms with Gasteiger partial charge >= 0.3 is 0 Å². The van der Waals surface area contributed by atoms with E-state index in [1.165, 1.54) is 35.9 Å². The summed E-state index contributed by atoms with van der Waals surface area (Å²) in [6.45, 7) is 3.15. The van der Waals surface area contributed by atoms with Crippen molar-refractivity contribution in [1.29, 1.82) is 0 Å². The molecule has 0 bridgehead atoms. The van der Waals surface area contributed by atoms with Gasteiger partial charge in [-0.15, -0.1) is 22.7 Å². The van der Waals surface area contributed by atoms with E-state index in [0.717, 1.165) is 6.54 Å². The normalized spacial score (nSPS) is 16.1. The van der Waals surface area contributed by atoms with Gasteiger partial charge in [-0.05, 0) is 68.3 Å². The number of nitrogens with one attached hydrogen (secondary N) is 1. The lowest BCUT2D eigenvalue weighted by Gasteiger charge is -2.16. The number of thiophene rings is 2. The molecule has 1 aliphatic heterocycles. The first-order chi connectivity index (χ1) is 9.69. The van der Waals surface area contributed by atoms with Crippen molar-refractivity contribution in [3.63, 3.8) is 0 Å². The molecule has 6 heteroatoms. The Morgan fingerprint density at radius 2 is 2.15 bits per heavy atom. The van der Waals surface area contributed by atoms with E-state index in [-0.39, 0.29) is 0 Å². The lowest BCUT2D eigenvalue weighted by Crippen LogP contribution is -2.20. The quantitative estimate of drug-likeness (QED) is 0.626. The topological polar surface area (TPSA) is 12.0 Å². The van der Waals surface area contributed by atoms with Crippen LogP contribution in [0, 0.1) is 0 Å². The molecule has 108 valence electrons. The Hall–Kier alpha value is 0.670. The van der Waals surface area contributed by atoms with E-state index in [0.29, 0.717) is 6.04 Å². The Morgan fingerprint density at radius 1 is 1.30 bits per heavy atom. The molecule has 0 saturated carbocycles. The summed E-state index contributed by atoms with van der Waals surface area (Å²) < 4.78 is 2.40. The zero-order valence-corrected chi connectivity index (χ0v) is 16.7. The molecule has 1 nitrogen and oxygen atoms in total. The highest BCUT2D eigenvalue weighted by atomic mass is 79.9. The van der Waals surface area contributed by atoms with Gasteiger partial charge in [0.1, 0.15) is 0 Å². The average Bonchev–Trinajstić information content (AvgIpc) is 2.99. The highest BCUT2D eigenvalue weighted by Gasteiger charge is 2.23. The second-order valence-electron chi connectivity index (χ2n) is 4.67. The largest absolute Gasteiger partial charge is 0.306 e. The molecule has 3 rings (SSSR count). The SMILES string of the molecule is CCNC(c1cc2c(s1)CCSC2)c1cc(Br)sc1Br. The molecule has 0 radical (unpaired) electrons. The fourth-order valence-electron chi connectivity index (χ4n) is 2.43. The first kappa shape index (κ1) is 15.6. The zero-order chi connectivity index (χ0) is 14.1. The highest BCUT2D eigenvalue weighted by molar-refractivity contribution is 9.12. The summed E-state index contributed by atoms with van der Waals surface area (Å²) in [6.07, 6.45) is 1.23. The summed E-state index contributed by atoms with van der Waals surface area (Å²) in [4.78, 5) is 3.04. The Morgan fingerprint density at radius 3 is 2.80 bits per heavy atom. The van der Waals surface area contributed by atoms with Crippen LogP contribution in [0.1, 0.15) is 33.8 Å². The molecule has 0 spiro atoms. The van der Waals surface area contributed by atoms with Gasteiger partial charge in [-0.1, -0.05) is 6.92 Å². The van der Waals surface area contributed by atoms with Gasteiger partial charge in [0.15, 0.2) is 0 Å². The third-order valence-electron chi connectivity index (χ3n) is 3.33. The van der Waals surface area contributed by atoms with Crippen molar-refractivity contribution in [2.24, 2.45) is 0 Å². The molecule has 2 aromatic heterocycles. The number of rotatable bonds is 4. The maximum atomic E-state index is 3.71. The number of aryl methyl sites for hydroxylation is 1. The number of thioether (sulfide) groups is 1. The summed E-state index contributed by atoms with van der Waals surface area (Å²) >= 11 is 13.1. The van der Waals surface area contributed by atoms with Gasteiger partial charge in [-0.3, -0.25) is 0 Å². The second kappa shape index (κ2) is 6.84. The molecule has 1 aliphatic rings. The molecule has 1 atom stereocenters. The van der Waals surface area contributed by atoms with Crippen LogP contribution in [-0.4, -0.2) is 12.3 Å². The maximum absolute atomic E-state index is 3.71. The van der Waals surface area contributed by atoms with Crippen LogP contribution in [0.2, 0.25) is 0 Å². The highest BCUT2D eigenvalue weighted by Crippen LogP contribution is 2.41. The van der Waals surface area contributed by atoms with Gasteiger partial charge in [0.25, 0.3) is 0 Å². The van der Waals surface area contributed by atoms with Crippen molar-refractivity contribution >= 4 is 66.3 Å². The second-order valence-corrected chi connectivity index (χ2v) is 10.7. The van der Waals surface area contributed by atoms with Crippen molar-refractivity contribution < 1.29 is 0 Å². The van der Waals surface area contributed by atoms with E-state index in [2.05, 4.69) is 68.0 Å². The molecule has 20 heavy (non-hydrogen) atoms. The Labute approximate surface area is 148 Å². The predicted octanol–water partition coefficient (Wildman–Crippen LogP) is 5.82. The van der Waals surface area contributed by atoms with Gasteiger partial charge in [-0.2, -0.15) is 11.8 Å². The summed E-state index contributed by atoms with van der Waals surface area (Å²) in [5.74, 6) is 2.45. The molecular weight excluding hydrogens is 438 g/mol. The van der Waals surface area contributed by atoms with Gasteiger partial charge in [0, 0.05) is 21.1 Å². The van der Waals surface area contributed by atoms with Crippen molar-refractivity contribution in [3.8, 4) is 0 Å². The third-order valence-corrected chi connectivity index (χ3v) is 8.03. The molecule has 1 unspecified atom stereocenters. The van der Waals surface area contributed by atoms with E-state index in [4.69, 9.17) is 0 Å². The monoisotopic (exact) mass is 451 g/mol. The average molecular weight is 453 g/mol. The van der Waals surface area contributed by atoms with Crippen molar-refractivity contribution in [2.45, 2.75) is 25.1 Å². The maximum Gasteiger partial charge on any atom is 0.0762 e. The lowest BCUT2D eigenvalue weighted by molar-refractivity contribution is 0.639. The van der Waals surface area contributed by atoms with Crippen LogP contribution >= 0.6 is 66.3 Å². The third kappa shape index (κ3) is 3.20. The predicted molar refractivity (Wildman–Crippen MR) is 99.4 cm³/mol. The minimum absolute atomic E-state index is 0.303. The fraction of sp³-hybridized carbons (Fsp3) is 0.429. The zero-order valence-electron chi connectivity index (χ0n) is 11.0. The van der Waals surface area contributed by atoms with Gasteiger partial charge in [-0.25, -0.2) is 0 Å². The minimum Gasteiger partial charge on any atom is -0.306 e. The van der Waals surface area contributed by atoms with E-state index in [9.17, 15) is 0 Å². The smallest absolute Gasteiger partial charge is 0.0762 e. The van der Waals surface area contributed by atoms with Crippen molar-refractivity contribution in [1.82, 2.24) is 5.32 Å². The van der Waals surface area contributed by atoms with E-state index in [1.54, 1.807) is 21.8 Å². The number of halogens is 2.